The van der Waals surface area contributed by atoms with Crippen LogP contribution in [-0.2, 0) is 32.7 Å². The number of phosphoric acid groups is 1. The number of nitrogens with zero attached hydrogens (tertiary/aromatic N) is 1. The molecule has 0 aliphatic rings. The SMILES string of the molecule is CCCCCC/C=C\CCCCCCCC(=O)O[C@H](COC(=O)CCCCCCCCCCCCCCCCCC)COP(=O)(O)OCC[N+](C)(C)C. The van der Waals surface area contributed by atoms with E-state index in [-0.39, 0.29) is 25.6 Å². The molecule has 0 aliphatic heterocycles. The molecule has 0 saturated carbocycles. The third kappa shape index (κ3) is 40.2. The second-order valence-corrected chi connectivity index (χ2v) is 17.5. The van der Waals surface area contributed by atoms with E-state index in [1.54, 1.807) is 0 Å². The molecule has 0 aromatic carbocycles. The van der Waals surface area contributed by atoms with Crippen molar-refractivity contribution in [1.29, 1.82) is 0 Å². The Morgan fingerprint density at radius 1 is 0.566 bits per heavy atom. The van der Waals surface area contributed by atoms with Gasteiger partial charge in [0.1, 0.15) is 19.8 Å². The van der Waals surface area contributed by atoms with Crippen LogP contribution in [0.5, 0.6) is 0 Å². The summed E-state index contributed by atoms with van der Waals surface area (Å²) < 4.78 is 34.3. The van der Waals surface area contributed by atoms with Crippen LogP contribution in [0.15, 0.2) is 12.2 Å². The molecule has 53 heavy (non-hydrogen) atoms. The highest BCUT2D eigenvalue weighted by molar-refractivity contribution is 7.47. The molecule has 314 valence electrons. The van der Waals surface area contributed by atoms with Crippen LogP contribution in [0.3, 0.4) is 0 Å². The summed E-state index contributed by atoms with van der Waals surface area (Å²) in [6.07, 6.45) is 36.8. The number of likely N-dealkylation sites (N-methyl/N-ethyl adjacent to an activating group) is 1. The van der Waals surface area contributed by atoms with Gasteiger partial charge in [0.05, 0.1) is 27.7 Å². The molecule has 9 nitrogen and oxygen atoms in total. The molecule has 0 amide bonds. The molecule has 2 atom stereocenters. The van der Waals surface area contributed by atoms with Gasteiger partial charge >= 0.3 is 19.8 Å². The lowest BCUT2D eigenvalue weighted by Crippen LogP contribution is -2.37. The van der Waals surface area contributed by atoms with Crippen molar-refractivity contribution in [2.24, 2.45) is 0 Å². The average molecular weight is 775 g/mol. The summed E-state index contributed by atoms with van der Waals surface area (Å²) in [5.74, 6) is -0.800. The maximum absolute atomic E-state index is 12.7. The molecule has 1 N–H and O–H groups in total. The van der Waals surface area contributed by atoms with E-state index in [1.165, 1.54) is 116 Å². The van der Waals surface area contributed by atoms with Crippen molar-refractivity contribution in [2.45, 2.75) is 206 Å². The van der Waals surface area contributed by atoms with Crippen LogP contribution in [0.1, 0.15) is 200 Å². The van der Waals surface area contributed by atoms with Crippen LogP contribution in [0.4, 0.5) is 0 Å². The first-order valence-electron chi connectivity index (χ1n) is 21.9. The second-order valence-electron chi connectivity index (χ2n) is 16.1. The summed E-state index contributed by atoms with van der Waals surface area (Å²) in [7, 11) is 1.48. The van der Waals surface area contributed by atoms with Gasteiger partial charge in [-0.3, -0.25) is 18.6 Å². The Kier molecular flexibility index (Phi) is 35.5. The normalized spacial score (nSPS) is 13.7. The fourth-order valence-electron chi connectivity index (χ4n) is 6.07. The molecule has 0 fully saturated rings. The van der Waals surface area contributed by atoms with Gasteiger partial charge in [-0.05, 0) is 38.5 Å². The smallest absolute Gasteiger partial charge is 0.462 e. The standard InChI is InChI=1S/C43H84NO8P/c1-6-8-10-12-14-16-18-20-21-22-24-25-27-29-31-33-35-42(45)49-39-41(40-51-53(47,48)50-38-37-44(3,4)5)52-43(46)36-34-32-30-28-26-23-19-17-15-13-11-9-7-2/h17,19,41H,6-16,18,20-40H2,1-5H3/p+1/b19-17-/t41-/m1/s1. The minimum atomic E-state index is -4.37. The first-order chi connectivity index (χ1) is 25.5. The van der Waals surface area contributed by atoms with Crippen molar-refractivity contribution in [3.63, 3.8) is 0 Å². The van der Waals surface area contributed by atoms with Crippen molar-refractivity contribution in [3.05, 3.63) is 12.2 Å². The highest BCUT2D eigenvalue weighted by atomic mass is 31.2. The van der Waals surface area contributed by atoms with Crippen LogP contribution in [-0.4, -0.2) is 74.9 Å². The molecule has 0 heterocycles. The van der Waals surface area contributed by atoms with Crippen LogP contribution >= 0.6 is 7.82 Å². The fraction of sp³-hybridized carbons (Fsp3) is 0.907. The van der Waals surface area contributed by atoms with E-state index in [9.17, 15) is 19.0 Å². The molecule has 0 radical (unpaired) electrons. The van der Waals surface area contributed by atoms with E-state index < -0.39 is 26.5 Å². The van der Waals surface area contributed by atoms with Crippen molar-refractivity contribution in [2.75, 3.05) is 47.5 Å². The van der Waals surface area contributed by atoms with Crippen molar-refractivity contribution in [3.8, 4) is 0 Å². The predicted molar refractivity (Wildman–Crippen MR) is 220 cm³/mol. The molecule has 0 aliphatic carbocycles. The quantitative estimate of drug-likeness (QED) is 0.0215. The van der Waals surface area contributed by atoms with Gasteiger partial charge in [0.25, 0.3) is 0 Å². The highest BCUT2D eigenvalue weighted by Gasteiger charge is 2.27. The topological polar surface area (TPSA) is 108 Å². The van der Waals surface area contributed by atoms with Gasteiger partial charge in [-0.25, -0.2) is 4.57 Å². The van der Waals surface area contributed by atoms with Gasteiger partial charge < -0.3 is 18.9 Å². The minimum Gasteiger partial charge on any atom is -0.462 e. The van der Waals surface area contributed by atoms with Crippen LogP contribution in [0.2, 0.25) is 0 Å². The Bertz CT molecular complexity index is 922. The van der Waals surface area contributed by atoms with E-state index >= 15 is 0 Å². The van der Waals surface area contributed by atoms with Gasteiger partial charge in [-0.2, -0.15) is 0 Å². The lowest BCUT2D eigenvalue weighted by atomic mass is 10.0. The molecule has 0 aromatic heterocycles. The van der Waals surface area contributed by atoms with Gasteiger partial charge in [-0.15, -0.1) is 0 Å². The first-order valence-corrected chi connectivity index (χ1v) is 23.4. The van der Waals surface area contributed by atoms with E-state index in [2.05, 4.69) is 26.0 Å². The zero-order chi connectivity index (χ0) is 39.3. The molecular formula is C43H85NO8P+. The number of phosphoric ester groups is 1. The summed E-state index contributed by atoms with van der Waals surface area (Å²) in [6, 6.07) is 0. The lowest BCUT2D eigenvalue weighted by molar-refractivity contribution is -0.870. The zero-order valence-electron chi connectivity index (χ0n) is 35.3. The molecular weight excluding hydrogens is 689 g/mol. The number of carbonyl (C=O) groups excluding carboxylic acids is 2. The number of ether oxygens (including phenoxy) is 2. The first kappa shape index (κ1) is 51.8. The molecule has 10 heteroatoms. The van der Waals surface area contributed by atoms with E-state index in [0.29, 0.717) is 23.9 Å². The van der Waals surface area contributed by atoms with Crippen molar-refractivity contribution < 1.29 is 42.1 Å². The molecule has 0 saturated heterocycles. The molecule has 0 aromatic rings. The molecule has 1 unspecified atom stereocenters. The summed E-state index contributed by atoms with van der Waals surface area (Å²) in [5, 5.41) is 0. The number of carbonyl (C=O) groups is 2. The Morgan fingerprint density at radius 3 is 1.42 bits per heavy atom. The van der Waals surface area contributed by atoms with E-state index in [4.69, 9.17) is 18.5 Å². The second kappa shape index (κ2) is 36.4. The van der Waals surface area contributed by atoms with Crippen LogP contribution < -0.4 is 0 Å². The van der Waals surface area contributed by atoms with E-state index in [1.807, 2.05) is 21.1 Å². The Hall–Kier alpha value is -1.25. The number of quaternary nitrogens is 1. The number of unbranched alkanes of at least 4 members (excludes halogenated alkanes) is 24. The third-order valence-corrected chi connectivity index (χ3v) is 10.5. The monoisotopic (exact) mass is 775 g/mol. The van der Waals surface area contributed by atoms with Crippen molar-refractivity contribution >= 4 is 19.8 Å². The van der Waals surface area contributed by atoms with E-state index in [0.717, 1.165) is 51.4 Å². The number of hydrogen-bond acceptors (Lipinski definition) is 7. The summed E-state index contributed by atoms with van der Waals surface area (Å²) in [6.45, 7) is 4.42. The number of allylic oxidation sites excluding steroid dienone is 2. The van der Waals surface area contributed by atoms with Gasteiger partial charge in [0.15, 0.2) is 6.10 Å². The number of rotatable bonds is 40. The number of hydrogen-bond donors (Lipinski definition) is 1. The highest BCUT2D eigenvalue weighted by Crippen LogP contribution is 2.43. The predicted octanol–water partition coefficient (Wildman–Crippen LogP) is 12.2. The Labute approximate surface area is 326 Å². The fourth-order valence-corrected chi connectivity index (χ4v) is 6.81. The largest absolute Gasteiger partial charge is 0.472 e. The molecule has 0 bridgehead atoms. The van der Waals surface area contributed by atoms with Gasteiger partial charge in [-0.1, -0.05) is 161 Å². The number of esters is 2. The minimum absolute atomic E-state index is 0.0331. The van der Waals surface area contributed by atoms with Crippen LogP contribution in [0.25, 0.3) is 0 Å². The molecule has 0 rings (SSSR count). The maximum atomic E-state index is 12.7. The maximum Gasteiger partial charge on any atom is 0.472 e. The molecule has 0 spiro atoms. The average Bonchev–Trinajstić information content (AvgIpc) is 3.10. The van der Waals surface area contributed by atoms with Gasteiger partial charge in [0.2, 0.25) is 0 Å². The summed E-state index contributed by atoms with van der Waals surface area (Å²) >= 11 is 0. The summed E-state index contributed by atoms with van der Waals surface area (Å²) in [4.78, 5) is 35.3. The third-order valence-electron chi connectivity index (χ3n) is 9.55. The zero-order valence-corrected chi connectivity index (χ0v) is 36.2. The lowest BCUT2D eigenvalue weighted by Gasteiger charge is -2.24. The van der Waals surface area contributed by atoms with Crippen LogP contribution in [0, 0.1) is 0 Å². The van der Waals surface area contributed by atoms with Crippen molar-refractivity contribution in [1.82, 2.24) is 0 Å². The Morgan fingerprint density at radius 2 is 0.962 bits per heavy atom. The Balaban J connectivity index is 4.33. The summed E-state index contributed by atoms with van der Waals surface area (Å²) in [5.41, 5.74) is 0. The van der Waals surface area contributed by atoms with Gasteiger partial charge in [0, 0.05) is 12.8 Å².